The van der Waals surface area contributed by atoms with E-state index in [-0.39, 0.29) is 5.91 Å². The summed E-state index contributed by atoms with van der Waals surface area (Å²) in [6, 6.07) is 12.4. The number of nitrogens with zero attached hydrogens (tertiary/aromatic N) is 3. The number of aryl methyl sites for hydroxylation is 1. The number of fused-ring (bicyclic) bond motifs is 1. The summed E-state index contributed by atoms with van der Waals surface area (Å²) < 4.78 is 0. The van der Waals surface area contributed by atoms with E-state index >= 15 is 0 Å². The molecule has 0 saturated carbocycles. The number of amides is 1. The Labute approximate surface area is 153 Å². The molecule has 26 heavy (non-hydrogen) atoms. The van der Waals surface area contributed by atoms with Crippen molar-refractivity contribution in [2.24, 2.45) is 0 Å². The number of pyridine rings is 1. The number of hydrogen-bond donors (Lipinski definition) is 1. The Kier molecular flexibility index (Phi) is 4.97. The molecule has 1 fully saturated rings. The Bertz CT molecular complexity index is 866. The molecule has 134 valence electrons. The van der Waals surface area contributed by atoms with E-state index in [2.05, 4.69) is 39.1 Å². The standard InChI is InChI=1S/C21H24N4O/c26-21(6-5-18-15-23-20-4-2-1-3-19(18)20)25-13-11-24(12-14-25)16-17-7-9-22-10-8-17/h1-4,7-10,15,23H,5-6,11-14,16H2. The fraction of sp³-hybridized carbons (Fsp3) is 0.333. The van der Waals surface area contributed by atoms with Crippen LogP contribution in [-0.4, -0.2) is 51.9 Å². The third kappa shape index (κ3) is 3.78. The normalized spacial score (nSPS) is 15.5. The molecule has 5 nitrogen and oxygen atoms in total. The second-order valence-electron chi connectivity index (χ2n) is 6.87. The number of carbonyl (C=O) groups is 1. The predicted octanol–water partition coefficient (Wildman–Crippen LogP) is 2.84. The van der Waals surface area contributed by atoms with Gasteiger partial charge in [0.05, 0.1) is 0 Å². The van der Waals surface area contributed by atoms with E-state index in [4.69, 9.17) is 0 Å². The lowest BCUT2D eigenvalue weighted by atomic mass is 10.1. The quantitative estimate of drug-likeness (QED) is 0.771. The Hall–Kier alpha value is -2.66. The molecule has 3 aromatic rings. The molecule has 1 saturated heterocycles. The van der Waals surface area contributed by atoms with Crippen molar-refractivity contribution in [3.8, 4) is 0 Å². The third-order valence-corrected chi connectivity index (χ3v) is 5.16. The van der Waals surface area contributed by atoms with Gasteiger partial charge in [0.15, 0.2) is 0 Å². The van der Waals surface area contributed by atoms with E-state index in [0.717, 1.165) is 44.7 Å². The molecule has 5 heteroatoms. The van der Waals surface area contributed by atoms with Gasteiger partial charge in [-0.3, -0.25) is 14.7 Å². The SMILES string of the molecule is O=C(CCc1c[nH]c2ccccc12)N1CCN(Cc2ccncc2)CC1. The highest BCUT2D eigenvalue weighted by Crippen LogP contribution is 2.19. The summed E-state index contributed by atoms with van der Waals surface area (Å²) in [7, 11) is 0. The van der Waals surface area contributed by atoms with Crippen molar-refractivity contribution in [3.05, 3.63) is 66.1 Å². The van der Waals surface area contributed by atoms with Crippen LogP contribution in [0, 0.1) is 0 Å². The molecule has 1 amide bonds. The number of hydrogen-bond acceptors (Lipinski definition) is 3. The fourth-order valence-corrected chi connectivity index (χ4v) is 3.64. The van der Waals surface area contributed by atoms with Gasteiger partial charge in [-0.15, -0.1) is 0 Å². The Morgan fingerprint density at radius 3 is 2.62 bits per heavy atom. The van der Waals surface area contributed by atoms with E-state index in [0.29, 0.717) is 6.42 Å². The number of nitrogens with one attached hydrogen (secondary N) is 1. The second kappa shape index (κ2) is 7.70. The number of para-hydroxylation sites is 1. The number of piperazine rings is 1. The molecule has 1 aliphatic rings. The largest absolute Gasteiger partial charge is 0.361 e. The van der Waals surface area contributed by atoms with Crippen LogP contribution in [0.4, 0.5) is 0 Å². The van der Waals surface area contributed by atoms with E-state index in [1.165, 1.54) is 16.5 Å². The van der Waals surface area contributed by atoms with Crippen molar-refractivity contribution in [1.29, 1.82) is 0 Å². The smallest absolute Gasteiger partial charge is 0.222 e. The first kappa shape index (κ1) is 16.8. The molecule has 0 aliphatic carbocycles. The molecular formula is C21H24N4O. The maximum atomic E-state index is 12.6. The molecule has 2 aromatic heterocycles. The van der Waals surface area contributed by atoms with Crippen molar-refractivity contribution in [1.82, 2.24) is 19.8 Å². The van der Waals surface area contributed by atoms with Crippen LogP contribution in [0.2, 0.25) is 0 Å². The molecule has 0 spiro atoms. The van der Waals surface area contributed by atoms with Gasteiger partial charge in [-0.25, -0.2) is 0 Å². The first-order chi connectivity index (χ1) is 12.8. The number of rotatable bonds is 5. The van der Waals surface area contributed by atoms with Crippen molar-refractivity contribution < 1.29 is 4.79 Å². The van der Waals surface area contributed by atoms with Crippen LogP contribution in [0.1, 0.15) is 17.5 Å². The van der Waals surface area contributed by atoms with Crippen LogP contribution >= 0.6 is 0 Å². The van der Waals surface area contributed by atoms with Crippen LogP contribution < -0.4 is 0 Å². The minimum atomic E-state index is 0.263. The van der Waals surface area contributed by atoms with E-state index in [1.54, 1.807) is 0 Å². The lowest BCUT2D eigenvalue weighted by molar-refractivity contribution is -0.132. The summed E-state index contributed by atoms with van der Waals surface area (Å²) in [6.45, 7) is 4.43. The molecule has 1 aromatic carbocycles. The van der Waals surface area contributed by atoms with Gasteiger partial charge in [0.1, 0.15) is 0 Å². The highest BCUT2D eigenvalue weighted by molar-refractivity contribution is 5.84. The predicted molar refractivity (Wildman–Crippen MR) is 103 cm³/mol. The summed E-state index contributed by atoms with van der Waals surface area (Å²) in [5, 5.41) is 1.22. The van der Waals surface area contributed by atoms with Crippen LogP contribution in [0.15, 0.2) is 55.0 Å². The van der Waals surface area contributed by atoms with Gasteiger partial charge >= 0.3 is 0 Å². The molecule has 1 N–H and O–H groups in total. The summed E-state index contributed by atoms with van der Waals surface area (Å²) in [5.74, 6) is 0.263. The number of carbonyl (C=O) groups excluding carboxylic acids is 1. The molecule has 0 bridgehead atoms. The highest BCUT2D eigenvalue weighted by Gasteiger charge is 2.21. The Balaban J connectivity index is 1.27. The lowest BCUT2D eigenvalue weighted by Gasteiger charge is -2.34. The van der Waals surface area contributed by atoms with Crippen molar-refractivity contribution in [2.75, 3.05) is 26.2 Å². The van der Waals surface area contributed by atoms with Gasteiger partial charge in [-0.05, 0) is 35.7 Å². The van der Waals surface area contributed by atoms with Crippen molar-refractivity contribution in [2.45, 2.75) is 19.4 Å². The fourth-order valence-electron chi connectivity index (χ4n) is 3.64. The Morgan fingerprint density at radius 1 is 1.04 bits per heavy atom. The third-order valence-electron chi connectivity index (χ3n) is 5.16. The summed E-state index contributed by atoms with van der Waals surface area (Å²) in [5.41, 5.74) is 3.64. The molecule has 0 radical (unpaired) electrons. The molecule has 3 heterocycles. The Morgan fingerprint density at radius 2 is 1.81 bits per heavy atom. The number of benzene rings is 1. The molecule has 0 atom stereocenters. The van der Waals surface area contributed by atoms with Crippen molar-refractivity contribution in [3.63, 3.8) is 0 Å². The van der Waals surface area contributed by atoms with Gasteiger partial charge in [0.25, 0.3) is 0 Å². The van der Waals surface area contributed by atoms with Crippen molar-refractivity contribution >= 4 is 16.8 Å². The zero-order chi connectivity index (χ0) is 17.8. The zero-order valence-corrected chi connectivity index (χ0v) is 14.9. The van der Waals surface area contributed by atoms with Crippen LogP contribution in [-0.2, 0) is 17.8 Å². The zero-order valence-electron chi connectivity index (χ0n) is 14.9. The molecule has 0 unspecified atom stereocenters. The van der Waals surface area contributed by atoms with Crippen LogP contribution in [0.3, 0.4) is 0 Å². The monoisotopic (exact) mass is 348 g/mol. The minimum Gasteiger partial charge on any atom is -0.361 e. The van der Waals surface area contributed by atoms with Gasteiger partial charge in [0.2, 0.25) is 5.91 Å². The van der Waals surface area contributed by atoms with Crippen LogP contribution in [0.5, 0.6) is 0 Å². The molecule has 4 rings (SSSR count). The van der Waals surface area contributed by atoms with Crippen LogP contribution in [0.25, 0.3) is 10.9 Å². The lowest BCUT2D eigenvalue weighted by Crippen LogP contribution is -2.48. The van der Waals surface area contributed by atoms with E-state index < -0.39 is 0 Å². The van der Waals surface area contributed by atoms with Gasteiger partial charge in [-0.1, -0.05) is 18.2 Å². The topological polar surface area (TPSA) is 52.2 Å². The second-order valence-corrected chi connectivity index (χ2v) is 6.87. The minimum absolute atomic E-state index is 0.263. The van der Waals surface area contributed by atoms with E-state index in [1.807, 2.05) is 35.6 Å². The van der Waals surface area contributed by atoms with E-state index in [9.17, 15) is 4.79 Å². The van der Waals surface area contributed by atoms with Gasteiger partial charge < -0.3 is 9.88 Å². The average Bonchev–Trinajstić information content (AvgIpc) is 3.11. The highest BCUT2D eigenvalue weighted by atomic mass is 16.2. The number of aromatic amines is 1. The summed E-state index contributed by atoms with van der Waals surface area (Å²) >= 11 is 0. The van der Waals surface area contributed by atoms with Gasteiger partial charge in [0, 0.05) is 68.6 Å². The molecule has 1 aliphatic heterocycles. The first-order valence-electron chi connectivity index (χ1n) is 9.23. The average molecular weight is 348 g/mol. The summed E-state index contributed by atoms with van der Waals surface area (Å²) in [6.07, 6.45) is 7.07. The number of aromatic nitrogens is 2. The maximum Gasteiger partial charge on any atom is 0.222 e. The molecular weight excluding hydrogens is 324 g/mol. The number of H-pyrrole nitrogens is 1. The summed E-state index contributed by atoms with van der Waals surface area (Å²) in [4.78, 5) is 24.3. The van der Waals surface area contributed by atoms with Gasteiger partial charge in [-0.2, -0.15) is 0 Å². The maximum absolute atomic E-state index is 12.6. The first-order valence-corrected chi connectivity index (χ1v) is 9.23.